The van der Waals surface area contributed by atoms with Gasteiger partial charge in [-0.05, 0) is 31.6 Å². The number of amides is 1. The molecule has 2 fully saturated rings. The monoisotopic (exact) mass is 302 g/mol. The molecule has 0 bridgehead atoms. The summed E-state index contributed by atoms with van der Waals surface area (Å²) in [5.41, 5.74) is 0. The van der Waals surface area contributed by atoms with E-state index in [1.54, 1.807) is 6.33 Å². The second-order valence-electron chi connectivity index (χ2n) is 6.76. The summed E-state index contributed by atoms with van der Waals surface area (Å²) in [5, 5.41) is 2.98. The Labute approximate surface area is 132 Å². The molecule has 1 N–H and O–H groups in total. The second kappa shape index (κ2) is 7.07. The number of nitrogens with one attached hydrogen (secondary N) is 1. The van der Waals surface area contributed by atoms with Gasteiger partial charge in [0.2, 0.25) is 5.91 Å². The molecule has 0 spiro atoms. The van der Waals surface area contributed by atoms with Crippen molar-refractivity contribution in [3.05, 3.63) is 12.4 Å². The third-order valence-corrected chi connectivity index (χ3v) is 4.99. The van der Waals surface area contributed by atoms with Crippen LogP contribution in [0.1, 0.15) is 51.9 Å². The van der Waals surface area contributed by atoms with Crippen LogP contribution in [0.5, 0.6) is 0 Å². The molecule has 0 radical (unpaired) electrons. The summed E-state index contributed by atoms with van der Waals surface area (Å²) in [5.74, 6) is 2.64. The minimum atomic E-state index is 0.122. The van der Waals surface area contributed by atoms with Crippen LogP contribution in [0.25, 0.3) is 0 Å². The fraction of sp³-hybridized carbons (Fsp3) is 0.706. The van der Waals surface area contributed by atoms with Gasteiger partial charge in [0.25, 0.3) is 0 Å². The zero-order valence-corrected chi connectivity index (χ0v) is 13.4. The van der Waals surface area contributed by atoms with Crippen molar-refractivity contribution in [1.82, 2.24) is 9.97 Å². The molecule has 2 aliphatic rings. The summed E-state index contributed by atoms with van der Waals surface area (Å²) in [7, 11) is 0. The SMILES string of the molecule is CC1CCN(c2cc(NC(=O)C3CCCCC3)ncn2)CC1. The molecule has 1 saturated carbocycles. The fourth-order valence-electron chi connectivity index (χ4n) is 3.42. The summed E-state index contributed by atoms with van der Waals surface area (Å²) in [6, 6.07) is 1.91. The van der Waals surface area contributed by atoms with E-state index in [9.17, 15) is 4.79 Å². The van der Waals surface area contributed by atoms with E-state index < -0.39 is 0 Å². The van der Waals surface area contributed by atoms with Crippen molar-refractivity contribution in [1.29, 1.82) is 0 Å². The molecule has 22 heavy (non-hydrogen) atoms. The lowest BCUT2D eigenvalue weighted by atomic mass is 9.89. The normalized spacial score (nSPS) is 20.9. The lowest BCUT2D eigenvalue weighted by Gasteiger charge is -2.31. The lowest BCUT2D eigenvalue weighted by molar-refractivity contribution is -0.120. The molecule has 1 saturated heterocycles. The van der Waals surface area contributed by atoms with E-state index in [0.29, 0.717) is 5.82 Å². The van der Waals surface area contributed by atoms with Crippen molar-refractivity contribution >= 4 is 17.5 Å². The van der Waals surface area contributed by atoms with Crippen LogP contribution in [0, 0.1) is 11.8 Å². The van der Waals surface area contributed by atoms with E-state index in [1.165, 1.54) is 32.1 Å². The highest BCUT2D eigenvalue weighted by atomic mass is 16.1. The number of hydrogen-bond acceptors (Lipinski definition) is 4. The van der Waals surface area contributed by atoms with E-state index in [-0.39, 0.29) is 11.8 Å². The van der Waals surface area contributed by atoms with E-state index >= 15 is 0 Å². The zero-order chi connectivity index (χ0) is 15.4. The van der Waals surface area contributed by atoms with Crippen LogP contribution in [-0.4, -0.2) is 29.0 Å². The highest BCUT2D eigenvalue weighted by Gasteiger charge is 2.22. The van der Waals surface area contributed by atoms with Crippen molar-refractivity contribution in [2.75, 3.05) is 23.3 Å². The van der Waals surface area contributed by atoms with Gasteiger partial charge in [-0.1, -0.05) is 26.2 Å². The van der Waals surface area contributed by atoms with Crippen LogP contribution < -0.4 is 10.2 Å². The predicted molar refractivity (Wildman–Crippen MR) is 87.8 cm³/mol. The van der Waals surface area contributed by atoms with Gasteiger partial charge in [0, 0.05) is 25.1 Å². The lowest BCUT2D eigenvalue weighted by Crippen LogP contribution is -2.33. The van der Waals surface area contributed by atoms with Crippen LogP contribution in [0.3, 0.4) is 0 Å². The maximum Gasteiger partial charge on any atom is 0.228 e. The maximum absolute atomic E-state index is 12.3. The van der Waals surface area contributed by atoms with E-state index in [2.05, 4.69) is 27.1 Å². The minimum Gasteiger partial charge on any atom is -0.356 e. The first kappa shape index (κ1) is 15.3. The van der Waals surface area contributed by atoms with Crippen LogP contribution >= 0.6 is 0 Å². The molecular formula is C17H26N4O. The van der Waals surface area contributed by atoms with E-state index in [4.69, 9.17) is 0 Å². The quantitative estimate of drug-likeness (QED) is 0.931. The van der Waals surface area contributed by atoms with Gasteiger partial charge < -0.3 is 10.2 Å². The number of anilines is 2. The number of hydrogen-bond donors (Lipinski definition) is 1. The van der Waals surface area contributed by atoms with E-state index in [0.717, 1.165) is 37.7 Å². The Morgan fingerprint density at radius 3 is 2.59 bits per heavy atom. The van der Waals surface area contributed by atoms with Crippen molar-refractivity contribution in [3.8, 4) is 0 Å². The average molecular weight is 302 g/mol. The Bertz CT molecular complexity index is 505. The van der Waals surface area contributed by atoms with Crippen molar-refractivity contribution < 1.29 is 4.79 Å². The van der Waals surface area contributed by atoms with Gasteiger partial charge in [-0.15, -0.1) is 0 Å². The first-order valence-electron chi connectivity index (χ1n) is 8.60. The van der Waals surface area contributed by atoms with Crippen LogP contribution in [0.4, 0.5) is 11.6 Å². The summed E-state index contributed by atoms with van der Waals surface area (Å²) >= 11 is 0. The third-order valence-electron chi connectivity index (χ3n) is 4.99. The molecule has 120 valence electrons. The van der Waals surface area contributed by atoms with E-state index in [1.807, 2.05) is 6.07 Å². The largest absolute Gasteiger partial charge is 0.356 e. The van der Waals surface area contributed by atoms with Crippen molar-refractivity contribution in [3.63, 3.8) is 0 Å². The van der Waals surface area contributed by atoms with Crippen molar-refractivity contribution in [2.24, 2.45) is 11.8 Å². The number of piperidine rings is 1. The summed E-state index contributed by atoms with van der Waals surface area (Å²) in [4.78, 5) is 23.2. The molecule has 0 aromatic carbocycles. The van der Waals surface area contributed by atoms with Gasteiger partial charge in [0.15, 0.2) is 0 Å². The Balaban J connectivity index is 1.62. The minimum absolute atomic E-state index is 0.122. The Morgan fingerprint density at radius 1 is 1.14 bits per heavy atom. The fourth-order valence-corrected chi connectivity index (χ4v) is 3.42. The zero-order valence-electron chi connectivity index (χ0n) is 13.4. The maximum atomic E-state index is 12.3. The molecule has 1 amide bonds. The molecule has 1 aromatic rings. The smallest absolute Gasteiger partial charge is 0.228 e. The predicted octanol–water partition coefficient (Wildman–Crippen LogP) is 3.23. The van der Waals surface area contributed by atoms with Gasteiger partial charge in [0.1, 0.15) is 18.0 Å². The highest BCUT2D eigenvalue weighted by Crippen LogP contribution is 2.26. The van der Waals surface area contributed by atoms with Crippen molar-refractivity contribution in [2.45, 2.75) is 51.9 Å². The molecule has 0 atom stereocenters. The molecule has 5 nitrogen and oxygen atoms in total. The Hall–Kier alpha value is -1.65. The number of carbonyl (C=O) groups excluding carboxylic acids is 1. The summed E-state index contributed by atoms with van der Waals surface area (Å²) < 4.78 is 0. The number of carbonyl (C=O) groups is 1. The molecule has 0 unspecified atom stereocenters. The molecule has 5 heteroatoms. The molecule has 1 aliphatic heterocycles. The first-order valence-corrected chi connectivity index (χ1v) is 8.60. The molecule has 3 rings (SSSR count). The van der Waals surface area contributed by atoms with Gasteiger partial charge >= 0.3 is 0 Å². The van der Waals surface area contributed by atoms with Crippen LogP contribution in [-0.2, 0) is 4.79 Å². The van der Waals surface area contributed by atoms with Crippen LogP contribution in [0.2, 0.25) is 0 Å². The van der Waals surface area contributed by atoms with Gasteiger partial charge in [0.05, 0.1) is 0 Å². The van der Waals surface area contributed by atoms with Gasteiger partial charge in [-0.3, -0.25) is 4.79 Å². The van der Waals surface area contributed by atoms with Gasteiger partial charge in [-0.25, -0.2) is 9.97 Å². The molecule has 1 aromatic heterocycles. The third kappa shape index (κ3) is 3.76. The summed E-state index contributed by atoms with van der Waals surface area (Å²) in [6.07, 6.45) is 9.57. The number of nitrogens with zero attached hydrogens (tertiary/aromatic N) is 3. The topological polar surface area (TPSA) is 58.1 Å². The number of rotatable bonds is 3. The molecular weight excluding hydrogens is 276 g/mol. The number of aromatic nitrogens is 2. The van der Waals surface area contributed by atoms with Crippen LogP contribution in [0.15, 0.2) is 12.4 Å². The molecule has 2 heterocycles. The highest BCUT2D eigenvalue weighted by molar-refractivity contribution is 5.91. The Morgan fingerprint density at radius 2 is 1.86 bits per heavy atom. The first-order chi connectivity index (χ1) is 10.7. The molecule has 1 aliphatic carbocycles. The average Bonchev–Trinajstić information content (AvgIpc) is 2.56. The standard InChI is InChI=1S/C17H26N4O/c1-13-7-9-21(10-8-13)16-11-15(18-12-19-16)20-17(22)14-5-3-2-4-6-14/h11-14H,2-10H2,1H3,(H,18,19,20,22). The second-order valence-corrected chi connectivity index (χ2v) is 6.76. The Kier molecular flexibility index (Phi) is 4.90. The summed E-state index contributed by atoms with van der Waals surface area (Å²) in [6.45, 7) is 4.37. The van der Waals surface area contributed by atoms with Gasteiger partial charge in [-0.2, -0.15) is 0 Å².